The molecule has 0 aliphatic carbocycles. The average Bonchev–Trinajstić information content (AvgIpc) is 2.96. The molecule has 4 nitrogen and oxygen atoms in total. The number of urea groups is 1. The summed E-state index contributed by atoms with van der Waals surface area (Å²) in [6.07, 6.45) is 4.68. The lowest BCUT2D eigenvalue weighted by atomic mass is 10.1. The summed E-state index contributed by atoms with van der Waals surface area (Å²) in [7, 11) is 1.81. The van der Waals surface area contributed by atoms with E-state index < -0.39 is 0 Å². The van der Waals surface area contributed by atoms with Crippen molar-refractivity contribution in [3.8, 4) is 0 Å². The number of nitrogens with zero attached hydrogens (tertiary/aromatic N) is 1. The van der Waals surface area contributed by atoms with Gasteiger partial charge in [-0.3, -0.25) is 0 Å². The van der Waals surface area contributed by atoms with E-state index in [1.165, 1.54) is 0 Å². The van der Waals surface area contributed by atoms with Crippen molar-refractivity contribution in [2.24, 2.45) is 0 Å². The number of aryl methyl sites for hydroxylation is 1. The van der Waals surface area contributed by atoms with Gasteiger partial charge in [0.05, 0.1) is 6.10 Å². The first kappa shape index (κ1) is 16.1. The summed E-state index contributed by atoms with van der Waals surface area (Å²) in [5, 5.41) is 3.52. The van der Waals surface area contributed by atoms with Crippen molar-refractivity contribution in [3.63, 3.8) is 0 Å². The molecular formula is C16H23ClN2O2. The Bertz CT molecular complexity index is 487. The third kappa shape index (κ3) is 4.90. The molecule has 1 aliphatic heterocycles. The third-order valence-electron chi connectivity index (χ3n) is 3.81. The molecule has 0 saturated carbocycles. The Hall–Kier alpha value is -1.26. The van der Waals surface area contributed by atoms with Crippen molar-refractivity contribution >= 4 is 23.3 Å². The van der Waals surface area contributed by atoms with Gasteiger partial charge in [-0.15, -0.1) is 0 Å². The van der Waals surface area contributed by atoms with Crippen LogP contribution in [0.5, 0.6) is 0 Å². The highest BCUT2D eigenvalue weighted by molar-refractivity contribution is 6.31. The van der Waals surface area contributed by atoms with Gasteiger partial charge in [-0.25, -0.2) is 4.79 Å². The molecule has 1 fully saturated rings. The van der Waals surface area contributed by atoms with Crippen LogP contribution in [-0.2, 0) is 4.74 Å². The largest absolute Gasteiger partial charge is 0.378 e. The first-order valence-corrected chi connectivity index (χ1v) is 7.84. The van der Waals surface area contributed by atoms with Crippen LogP contribution < -0.4 is 5.32 Å². The van der Waals surface area contributed by atoms with E-state index in [-0.39, 0.29) is 6.03 Å². The fourth-order valence-corrected chi connectivity index (χ4v) is 2.60. The highest BCUT2D eigenvalue weighted by Gasteiger charge is 2.16. The van der Waals surface area contributed by atoms with Gasteiger partial charge in [0.2, 0.25) is 0 Å². The fraction of sp³-hybridized carbons (Fsp3) is 0.562. The Morgan fingerprint density at radius 3 is 3.00 bits per heavy atom. The van der Waals surface area contributed by atoms with E-state index in [1.807, 2.05) is 19.1 Å². The molecule has 0 unspecified atom stereocenters. The molecule has 2 rings (SSSR count). The molecule has 5 heteroatoms. The van der Waals surface area contributed by atoms with Crippen molar-refractivity contribution in [3.05, 3.63) is 28.8 Å². The summed E-state index contributed by atoms with van der Waals surface area (Å²) in [6, 6.07) is 5.42. The predicted molar refractivity (Wildman–Crippen MR) is 86.0 cm³/mol. The Labute approximate surface area is 131 Å². The van der Waals surface area contributed by atoms with Crippen LogP contribution in [0.15, 0.2) is 18.2 Å². The highest BCUT2D eigenvalue weighted by Crippen LogP contribution is 2.20. The minimum atomic E-state index is -0.109. The maximum Gasteiger partial charge on any atom is 0.321 e. The second kappa shape index (κ2) is 7.66. The number of carbonyl (C=O) groups is 1. The van der Waals surface area contributed by atoms with Crippen LogP contribution in [0.4, 0.5) is 10.5 Å². The normalized spacial score (nSPS) is 17.8. The molecule has 1 aliphatic rings. The molecule has 0 aromatic heterocycles. The van der Waals surface area contributed by atoms with Crippen LogP contribution in [0.25, 0.3) is 0 Å². The lowest BCUT2D eigenvalue weighted by Crippen LogP contribution is -2.32. The van der Waals surface area contributed by atoms with Crippen molar-refractivity contribution in [1.29, 1.82) is 0 Å². The molecule has 2 amide bonds. The zero-order valence-electron chi connectivity index (χ0n) is 12.7. The van der Waals surface area contributed by atoms with E-state index in [4.69, 9.17) is 16.3 Å². The second-order valence-corrected chi connectivity index (χ2v) is 6.00. The fourth-order valence-electron chi connectivity index (χ4n) is 2.42. The number of benzene rings is 1. The molecule has 1 N–H and O–H groups in total. The van der Waals surface area contributed by atoms with Crippen molar-refractivity contribution in [2.75, 3.05) is 25.5 Å². The number of carbonyl (C=O) groups excluding carboxylic acids is 1. The minimum Gasteiger partial charge on any atom is -0.378 e. The van der Waals surface area contributed by atoms with E-state index in [0.717, 1.165) is 50.1 Å². The first-order valence-electron chi connectivity index (χ1n) is 7.46. The number of amides is 2. The Morgan fingerprint density at radius 2 is 2.33 bits per heavy atom. The smallest absolute Gasteiger partial charge is 0.321 e. The van der Waals surface area contributed by atoms with Gasteiger partial charge in [0.1, 0.15) is 0 Å². The maximum absolute atomic E-state index is 12.1. The van der Waals surface area contributed by atoms with Crippen molar-refractivity contribution < 1.29 is 9.53 Å². The van der Waals surface area contributed by atoms with Gasteiger partial charge in [0.25, 0.3) is 0 Å². The highest BCUT2D eigenvalue weighted by atomic mass is 35.5. The topological polar surface area (TPSA) is 41.6 Å². The average molecular weight is 311 g/mol. The van der Waals surface area contributed by atoms with Crippen LogP contribution in [0.2, 0.25) is 5.02 Å². The SMILES string of the molecule is Cc1ccc(NC(=O)N(C)CCC[C@H]2CCCO2)cc1Cl. The lowest BCUT2D eigenvalue weighted by Gasteiger charge is -2.19. The molecule has 1 aromatic rings. The monoisotopic (exact) mass is 310 g/mol. The van der Waals surface area contributed by atoms with E-state index in [2.05, 4.69) is 5.32 Å². The van der Waals surface area contributed by atoms with E-state index >= 15 is 0 Å². The van der Waals surface area contributed by atoms with Gasteiger partial charge >= 0.3 is 6.03 Å². The summed E-state index contributed by atoms with van der Waals surface area (Å²) in [6.45, 7) is 3.55. The molecule has 0 bridgehead atoms. The molecular weight excluding hydrogens is 288 g/mol. The molecule has 0 radical (unpaired) electrons. The minimum absolute atomic E-state index is 0.109. The van der Waals surface area contributed by atoms with Crippen LogP contribution in [0.3, 0.4) is 0 Å². The Morgan fingerprint density at radius 1 is 1.52 bits per heavy atom. The van der Waals surface area contributed by atoms with Gasteiger partial charge in [-0.05, 0) is 50.3 Å². The molecule has 1 atom stereocenters. The van der Waals surface area contributed by atoms with Crippen LogP contribution in [0, 0.1) is 6.92 Å². The van der Waals surface area contributed by atoms with Gasteiger partial charge in [-0.2, -0.15) is 0 Å². The predicted octanol–water partition coefficient (Wildman–Crippen LogP) is 4.07. The number of hydrogen-bond donors (Lipinski definition) is 1. The molecule has 21 heavy (non-hydrogen) atoms. The molecule has 0 spiro atoms. The molecule has 1 aromatic carbocycles. The summed E-state index contributed by atoms with van der Waals surface area (Å²) < 4.78 is 5.58. The van der Waals surface area contributed by atoms with Gasteiger partial charge in [0, 0.05) is 30.9 Å². The van der Waals surface area contributed by atoms with Crippen LogP contribution in [0.1, 0.15) is 31.2 Å². The number of rotatable bonds is 5. The lowest BCUT2D eigenvalue weighted by molar-refractivity contribution is 0.101. The second-order valence-electron chi connectivity index (χ2n) is 5.59. The van der Waals surface area contributed by atoms with Gasteiger partial charge in [-0.1, -0.05) is 17.7 Å². The van der Waals surface area contributed by atoms with E-state index in [9.17, 15) is 4.79 Å². The zero-order valence-corrected chi connectivity index (χ0v) is 13.4. The summed E-state index contributed by atoms with van der Waals surface area (Å²) >= 11 is 6.05. The van der Waals surface area contributed by atoms with Gasteiger partial charge < -0.3 is 15.0 Å². The van der Waals surface area contributed by atoms with Gasteiger partial charge in [0.15, 0.2) is 0 Å². The summed E-state index contributed by atoms with van der Waals surface area (Å²) in [5.74, 6) is 0. The number of nitrogens with one attached hydrogen (secondary N) is 1. The number of hydrogen-bond acceptors (Lipinski definition) is 2. The first-order chi connectivity index (χ1) is 10.1. The van der Waals surface area contributed by atoms with Crippen molar-refractivity contribution in [1.82, 2.24) is 4.90 Å². The van der Waals surface area contributed by atoms with E-state index in [1.54, 1.807) is 18.0 Å². The molecule has 1 heterocycles. The Kier molecular flexibility index (Phi) is 5.88. The third-order valence-corrected chi connectivity index (χ3v) is 4.22. The van der Waals surface area contributed by atoms with E-state index in [0.29, 0.717) is 11.1 Å². The number of ether oxygens (including phenoxy) is 1. The van der Waals surface area contributed by atoms with Crippen LogP contribution >= 0.6 is 11.6 Å². The quantitative estimate of drug-likeness (QED) is 0.890. The number of anilines is 1. The molecule has 1 saturated heterocycles. The zero-order chi connectivity index (χ0) is 15.2. The van der Waals surface area contributed by atoms with Crippen LogP contribution in [-0.4, -0.2) is 37.2 Å². The standard InChI is InChI=1S/C16H23ClN2O2/c1-12-7-8-13(11-15(12)17)18-16(20)19(2)9-3-5-14-6-4-10-21-14/h7-8,11,14H,3-6,9-10H2,1-2H3,(H,18,20)/t14-/m0/s1. The number of halogens is 1. The molecule has 116 valence electrons. The summed E-state index contributed by atoms with van der Waals surface area (Å²) in [4.78, 5) is 13.8. The summed E-state index contributed by atoms with van der Waals surface area (Å²) in [5.41, 5.74) is 1.72. The Balaban J connectivity index is 1.74. The van der Waals surface area contributed by atoms with Crippen molar-refractivity contribution in [2.45, 2.75) is 38.7 Å². The maximum atomic E-state index is 12.1.